The molecule has 0 unspecified atom stereocenters. The zero-order chi connectivity index (χ0) is 12.9. The molecule has 17 heavy (non-hydrogen) atoms. The van der Waals surface area contributed by atoms with Gasteiger partial charge in [-0.15, -0.1) is 0 Å². The first-order chi connectivity index (χ1) is 7.99. The molecule has 1 rings (SSSR count). The van der Waals surface area contributed by atoms with Gasteiger partial charge in [0.15, 0.2) is 0 Å². The van der Waals surface area contributed by atoms with Crippen molar-refractivity contribution in [1.29, 1.82) is 0 Å². The van der Waals surface area contributed by atoms with Crippen LogP contribution in [0.5, 0.6) is 0 Å². The minimum Gasteiger partial charge on any atom is -0.303 e. The standard InChI is InChI=1S/C13H15F3O/c1-2-3-10(8-9-17)11-4-6-12(7-5-11)13(14,15)16/h4-7,9-10H,2-3,8H2,1H3/t10-/m1/s1. The van der Waals surface area contributed by atoms with Crippen molar-refractivity contribution in [3.8, 4) is 0 Å². The Morgan fingerprint density at radius 2 is 1.82 bits per heavy atom. The first-order valence-electron chi connectivity index (χ1n) is 5.59. The maximum atomic E-state index is 12.4. The lowest BCUT2D eigenvalue weighted by Gasteiger charge is -2.14. The monoisotopic (exact) mass is 244 g/mol. The van der Waals surface area contributed by atoms with Crippen molar-refractivity contribution in [1.82, 2.24) is 0 Å². The van der Waals surface area contributed by atoms with Crippen molar-refractivity contribution in [3.63, 3.8) is 0 Å². The molecular formula is C13H15F3O. The van der Waals surface area contributed by atoms with Crippen LogP contribution in [0.15, 0.2) is 24.3 Å². The largest absolute Gasteiger partial charge is 0.416 e. The number of aldehydes is 1. The van der Waals surface area contributed by atoms with Gasteiger partial charge in [-0.3, -0.25) is 0 Å². The number of halogens is 3. The van der Waals surface area contributed by atoms with E-state index in [-0.39, 0.29) is 5.92 Å². The van der Waals surface area contributed by atoms with E-state index in [0.717, 1.165) is 36.8 Å². The molecule has 0 amide bonds. The van der Waals surface area contributed by atoms with Gasteiger partial charge >= 0.3 is 6.18 Å². The average Bonchev–Trinajstić information content (AvgIpc) is 2.28. The Kier molecular flexibility index (Phi) is 4.73. The van der Waals surface area contributed by atoms with Crippen molar-refractivity contribution in [2.75, 3.05) is 0 Å². The molecule has 1 aromatic carbocycles. The average molecular weight is 244 g/mol. The van der Waals surface area contributed by atoms with Crippen LogP contribution in [0.4, 0.5) is 13.2 Å². The predicted octanol–water partition coefficient (Wildman–Crippen LogP) is 4.18. The smallest absolute Gasteiger partial charge is 0.303 e. The van der Waals surface area contributed by atoms with Crippen LogP contribution in [0.25, 0.3) is 0 Å². The molecular weight excluding hydrogens is 229 g/mol. The first kappa shape index (κ1) is 13.7. The fourth-order valence-electron chi connectivity index (χ4n) is 1.83. The van der Waals surface area contributed by atoms with Crippen LogP contribution in [-0.4, -0.2) is 6.29 Å². The summed E-state index contributed by atoms with van der Waals surface area (Å²) in [5.74, 6) is 0.0276. The van der Waals surface area contributed by atoms with Crippen molar-refractivity contribution in [3.05, 3.63) is 35.4 Å². The molecule has 1 atom stereocenters. The van der Waals surface area contributed by atoms with Crippen molar-refractivity contribution < 1.29 is 18.0 Å². The van der Waals surface area contributed by atoms with Crippen molar-refractivity contribution >= 4 is 6.29 Å². The summed E-state index contributed by atoms with van der Waals surface area (Å²) in [7, 11) is 0. The van der Waals surface area contributed by atoms with Crippen LogP contribution >= 0.6 is 0 Å². The highest BCUT2D eigenvalue weighted by Crippen LogP contribution is 2.31. The fraction of sp³-hybridized carbons (Fsp3) is 0.462. The second-order valence-electron chi connectivity index (χ2n) is 4.01. The minimum atomic E-state index is -4.30. The molecule has 0 heterocycles. The van der Waals surface area contributed by atoms with Crippen LogP contribution < -0.4 is 0 Å². The molecule has 0 aromatic heterocycles. The number of alkyl halides is 3. The molecule has 4 heteroatoms. The summed E-state index contributed by atoms with van der Waals surface area (Å²) in [6.07, 6.45) is -1.41. The van der Waals surface area contributed by atoms with Gasteiger partial charge in [0.2, 0.25) is 0 Å². The molecule has 0 saturated carbocycles. The summed E-state index contributed by atoms with van der Waals surface area (Å²) in [4.78, 5) is 10.5. The first-order valence-corrected chi connectivity index (χ1v) is 5.59. The highest BCUT2D eigenvalue weighted by Gasteiger charge is 2.30. The Labute approximate surface area is 98.6 Å². The number of hydrogen-bond donors (Lipinski definition) is 0. The van der Waals surface area contributed by atoms with E-state index >= 15 is 0 Å². The zero-order valence-corrected chi connectivity index (χ0v) is 9.63. The molecule has 0 aliphatic rings. The van der Waals surface area contributed by atoms with Crippen molar-refractivity contribution in [2.24, 2.45) is 0 Å². The van der Waals surface area contributed by atoms with Crippen LogP contribution in [0.2, 0.25) is 0 Å². The molecule has 0 aliphatic heterocycles. The van der Waals surface area contributed by atoms with E-state index in [0.29, 0.717) is 6.42 Å². The second kappa shape index (κ2) is 5.84. The van der Waals surface area contributed by atoms with E-state index in [1.54, 1.807) is 0 Å². The maximum Gasteiger partial charge on any atom is 0.416 e. The van der Waals surface area contributed by atoms with E-state index in [9.17, 15) is 18.0 Å². The molecule has 94 valence electrons. The highest BCUT2D eigenvalue weighted by atomic mass is 19.4. The maximum absolute atomic E-state index is 12.4. The Balaban J connectivity index is 2.87. The Bertz CT molecular complexity index is 354. The van der Waals surface area contributed by atoms with E-state index in [1.165, 1.54) is 12.1 Å². The molecule has 0 N–H and O–H groups in total. The van der Waals surface area contributed by atoms with Crippen molar-refractivity contribution in [2.45, 2.75) is 38.3 Å². The lowest BCUT2D eigenvalue weighted by molar-refractivity contribution is -0.137. The molecule has 0 bridgehead atoms. The van der Waals surface area contributed by atoms with Gasteiger partial charge in [-0.05, 0) is 30.0 Å². The fourth-order valence-corrected chi connectivity index (χ4v) is 1.83. The van der Waals surface area contributed by atoms with Crippen LogP contribution in [0.1, 0.15) is 43.2 Å². The normalized spacial score (nSPS) is 13.4. The summed E-state index contributed by atoms with van der Waals surface area (Å²) >= 11 is 0. The number of carbonyl (C=O) groups is 1. The minimum absolute atomic E-state index is 0.0276. The summed E-state index contributed by atoms with van der Waals surface area (Å²) in [5.41, 5.74) is 0.148. The third-order valence-electron chi connectivity index (χ3n) is 2.73. The SMILES string of the molecule is CCC[C@H](CC=O)c1ccc(C(F)(F)F)cc1. The van der Waals surface area contributed by atoms with Crippen LogP contribution in [0, 0.1) is 0 Å². The lowest BCUT2D eigenvalue weighted by atomic mass is 9.91. The molecule has 1 nitrogen and oxygen atoms in total. The molecule has 0 spiro atoms. The van der Waals surface area contributed by atoms with Gasteiger partial charge in [-0.25, -0.2) is 0 Å². The number of rotatable bonds is 5. The van der Waals surface area contributed by atoms with E-state index in [4.69, 9.17) is 0 Å². The molecule has 0 radical (unpaired) electrons. The number of hydrogen-bond acceptors (Lipinski definition) is 1. The summed E-state index contributed by atoms with van der Waals surface area (Å²) in [6, 6.07) is 5.07. The molecule has 0 saturated heterocycles. The van der Waals surface area contributed by atoms with Crippen LogP contribution in [0.3, 0.4) is 0 Å². The highest BCUT2D eigenvalue weighted by molar-refractivity contribution is 5.51. The van der Waals surface area contributed by atoms with Gasteiger partial charge in [0, 0.05) is 6.42 Å². The quantitative estimate of drug-likeness (QED) is 0.710. The number of carbonyl (C=O) groups excluding carboxylic acids is 1. The van der Waals surface area contributed by atoms with E-state index in [1.807, 2.05) is 6.92 Å². The van der Waals surface area contributed by atoms with Crippen LogP contribution in [-0.2, 0) is 11.0 Å². The Morgan fingerprint density at radius 1 is 1.24 bits per heavy atom. The van der Waals surface area contributed by atoms with E-state index in [2.05, 4.69) is 0 Å². The lowest BCUT2D eigenvalue weighted by Crippen LogP contribution is -2.06. The number of benzene rings is 1. The van der Waals surface area contributed by atoms with Gasteiger partial charge in [0.25, 0.3) is 0 Å². The Morgan fingerprint density at radius 3 is 2.24 bits per heavy atom. The predicted molar refractivity (Wildman–Crippen MR) is 59.8 cm³/mol. The van der Waals surface area contributed by atoms with E-state index < -0.39 is 11.7 Å². The molecule has 1 aromatic rings. The summed E-state index contributed by atoms with van der Waals surface area (Å²) in [5, 5.41) is 0. The van der Waals surface area contributed by atoms with Gasteiger partial charge in [0.05, 0.1) is 5.56 Å². The summed E-state index contributed by atoms with van der Waals surface area (Å²) in [6.45, 7) is 1.99. The van der Waals surface area contributed by atoms with Gasteiger partial charge in [0.1, 0.15) is 6.29 Å². The van der Waals surface area contributed by atoms with Gasteiger partial charge in [-0.1, -0.05) is 25.5 Å². The summed E-state index contributed by atoms with van der Waals surface area (Å²) < 4.78 is 37.1. The third kappa shape index (κ3) is 3.88. The molecule has 0 aliphatic carbocycles. The second-order valence-corrected chi connectivity index (χ2v) is 4.01. The zero-order valence-electron chi connectivity index (χ0n) is 9.63. The van der Waals surface area contributed by atoms with Gasteiger partial charge in [-0.2, -0.15) is 13.2 Å². The third-order valence-corrected chi connectivity index (χ3v) is 2.73. The van der Waals surface area contributed by atoms with Gasteiger partial charge < -0.3 is 4.79 Å². The Hall–Kier alpha value is -1.32. The topological polar surface area (TPSA) is 17.1 Å². The molecule has 0 fully saturated rings.